The first-order valence-corrected chi connectivity index (χ1v) is 6.56. The fraction of sp³-hybridized carbons (Fsp3) is 0.286. The Kier molecular flexibility index (Phi) is 4.29. The number of hydrogen-bond donors (Lipinski definition) is 2. The molecule has 0 spiro atoms. The zero-order chi connectivity index (χ0) is 14.7. The summed E-state index contributed by atoms with van der Waals surface area (Å²) in [4.78, 5) is 16.0. The number of nitrogens with one attached hydrogen (secondary N) is 1. The lowest BCUT2D eigenvalue weighted by atomic mass is 10.2. The molecule has 5 nitrogen and oxygen atoms in total. The highest BCUT2D eigenvalue weighted by atomic mass is 35.5. The van der Waals surface area contributed by atoms with Crippen molar-refractivity contribution in [3.63, 3.8) is 0 Å². The van der Waals surface area contributed by atoms with Gasteiger partial charge in [-0.3, -0.25) is 4.79 Å². The Balaban J connectivity index is 2.02. The van der Waals surface area contributed by atoms with Crippen molar-refractivity contribution in [1.82, 2.24) is 10.3 Å². The summed E-state index contributed by atoms with van der Waals surface area (Å²) >= 11 is 5.79. The van der Waals surface area contributed by atoms with Gasteiger partial charge >= 0.3 is 0 Å². The van der Waals surface area contributed by atoms with Gasteiger partial charge in [0.15, 0.2) is 0 Å². The molecule has 0 fully saturated rings. The van der Waals surface area contributed by atoms with Crippen molar-refractivity contribution in [3.8, 4) is 5.75 Å². The first-order valence-electron chi connectivity index (χ1n) is 6.18. The second-order valence-electron chi connectivity index (χ2n) is 4.66. The average Bonchev–Trinajstić information content (AvgIpc) is 2.88. The number of aromatic hydroxyl groups is 1. The van der Waals surface area contributed by atoms with Crippen LogP contribution in [0.3, 0.4) is 0 Å². The number of nitrogens with zero attached hydrogens (tertiary/aromatic N) is 1. The summed E-state index contributed by atoms with van der Waals surface area (Å²) in [5.41, 5.74) is 0.119. The third-order valence-corrected chi connectivity index (χ3v) is 2.98. The Bertz CT molecular complexity index is 623. The molecule has 0 aliphatic rings. The summed E-state index contributed by atoms with van der Waals surface area (Å²) in [5, 5.41) is 12.6. The van der Waals surface area contributed by atoms with Crippen molar-refractivity contribution < 1.29 is 14.3 Å². The Morgan fingerprint density at radius 3 is 2.90 bits per heavy atom. The highest BCUT2D eigenvalue weighted by molar-refractivity contribution is 6.31. The highest BCUT2D eigenvalue weighted by Crippen LogP contribution is 2.21. The summed E-state index contributed by atoms with van der Waals surface area (Å²) in [6.07, 6.45) is 1.64. The lowest BCUT2D eigenvalue weighted by Gasteiger charge is -2.05. The number of carbonyl (C=O) groups is 1. The lowest BCUT2D eigenvalue weighted by Crippen LogP contribution is -2.23. The van der Waals surface area contributed by atoms with Gasteiger partial charge in [-0.2, -0.15) is 0 Å². The van der Waals surface area contributed by atoms with Crippen LogP contribution < -0.4 is 5.32 Å². The van der Waals surface area contributed by atoms with Gasteiger partial charge in [0.2, 0.25) is 5.89 Å². The molecule has 0 aliphatic heterocycles. The largest absolute Gasteiger partial charge is 0.507 e. The monoisotopic (exact) mass is 294 g/mol. The first-order chi connectivity index (χ1) is 9.47. The molecule has 0 aliphatic carbocycles. The Morgan fingerprint density at radius 1 is 1.50 bits per heavy atom. The number of phenols is 1. The van der Waals surface area contributed by atoms with Crippen LogP contribution in [0.25, 0.3) is 0 Å². The first kappa shape index (κ1) is 14.4. The van der Waals surface area contributed by atoms with E-state index in [2.05, 4.69) is 10.3 Å². The third-order valence-electron chi connectivity index (χ3n) is 2.74. The summed E-state index contributed by atoms with van der Waals surface area (Å²) in [5.74, 6) is 0.865. The van der Waals surface area contributed by atoms with Crippen molar-refractivity contribution in [2.24, 2.45) is 0 Å². The van der Waals surface area contributed by atoms with Crippen molar-refractivity contribution in [2.45, 2.75) is 26.3 Å². The minimum atomic E-state index is -0.436. The van der Waals surface area contributed by atoms with E-state index < -0.39 is 5.91 Å². The maximum absolute atomic E-state index is 11.9. The molecule has 0 saturated heterocycles. The average molecular weight is 295 g/mol. The van der Waals surface area contributed by atoms with Crippen LogP contribution in [0.15, 0.2) is 28.8 Å². The summed E-state index contributed by atoms with van der Waals surface area (Å²) in [7, 11) is 0. The highest BCUT2D eigenvalue weighted by Gasteiger charge is 2.13. The molecule has 1 aromatic carbocycles. The van der Waals surface area contributed by atoms with E-state index in [1.807, 2.05) is 13.8 Å². The molecular weight excluding hydrogens is 280 g/mol. The third kappa shape index (κ3) is 3.30. The molecular formula is C14H15ClN2O3. The molecule has 1 aromatic heterocycles. The topological polar surface area (TPSA) is 75.4 Å². The summed E-state index contributed by atoms with van der Waals surface area (Å²) in [6, 6.07) is 4.29. The van der Waals surface area contributed by atoms with E-state index in [1.165, 1.54) is 18.2 Å². The van der Waals surface area contributed by atoms with Crippen LogP contribution in [0.1, 0.15) is 41.8 Å². The van der Waals surface area contributed by atoms with Gasteiger partial charge in [0.25, 0.3) is 5.91 Å². The van der Waals surface area contributed by atoms with Crippen molar-refractivity contribution >= 4 is 17.5 Å². The molecule has 106 valence electrons. The molecule has 6 heteroatoms. The second-order valence-corrected chi connectivity index (χ2v) is 5.09. The number of amides is 1. The molecule has 0 bridgehead atoms. The van der Waals surface area contributed by atoms with Gasteiger partial charge in [0.1, 0.15) is 11.5 Å². The fourth-order valence-electron chi connectivity index (χ4n) is 1.61. The number of phenolic OH excluding ortho intramolecular Hbond substituents is 1. The predicted molar refractivity (Wildman–Crippen MR) is 74.9 cm³/mol. The van der Waals surface area contributed by atoms with Crippen LogP contribution in [0.4, 0.5) is 0 Å². The normalized spacial score (nSPS) is 10.8. The van der Waals surface area contributed by atoms with Gasteiger partial charge < -0.3 is 14.8 Å². The number of carbonyl (C=O) groups excluding carboxylic acids is 1. The quantitative estimate of drug-likeness (QED) is 0.908. The van der Waals surface area contributed by atoms with E-state index in [0.29, 0.717) is 10.9 Å². The number of rotatable bonds is 4. The zero-order valence-corrected chi connectivity index (χ0v) is 11.9. The van der Waals surface area contributed by atoms with Crippen LogP contribution in [0, 0.1) is 0 Å². The van der Waals surface area contributed by atoms with E-state index in [0.717, 1.165) is 5.76 Å². The van der Waals surface area contributed by atoms with E-state index in [9.17, 15) is 9.90 Å². The Morgan fingerprint density at radius 2 is 2.25 bits per heavy atom. The van der Waals surface area contributed by atoms with E-state index in [-0.39, 0.29) is 23.8 Å². The molecule has 20 heavy (non-hydrogen) atoms. The van der Waals surface area contributed by atoms with Gasteiger partial charge in [0.05, 0.1) is 18.3 Å². The van der Waals surface area contributed by atoms with Crippen molar-refractivity contribution in [2.75, 3.05) is 0 Å². The standard InChI is InChI=1S/C14H15ClN2O3/c1-8(2)12-6-16-13(20-12)7-17-14(19)10-5-9(15)3-4-11(10)18/h3-6,8,18H,7H2,1-2H3,(H,17,19). The van der Waals surface area contributed by atoms with E-state index in [1.54, 1.807) is 6.20 Å². The lowest BCUT2D eigenvalue weighted by molar-refractivity contribution is 0.0944. The predicted octanol–water partition coefficient (Wildman–Crippen LogP) is 3.09. The van der Waals surface area contributed by atoms with Gasteiger partial charge in [-0.05, 0) is 18.2 Å². The van der Waals surface area contributed by atoms with E-state index >= 15 is 0 Å². The minimum Gasteiger partial charge on any atom is -0.507 e. The smallest absolute Gasteiger partial charge is 0.255 e. The van der Waals surface area contributed by atoms with Gasteiger partial charge in [-0.15, -0.1) is 0 Å². The number of aromatic nitrogens is 1. The van der Waals surface area contributed by atoms with Gasteiger partial charge in [-0.25, -0.2) is 4.98 Å². The molecule has 0 saturated carbocycles. The number of halogens is 1. The maximum Gasteiger partial charge on any atom is 0.255 e. The molecule has 2 aromatic rings. The minimum absolute atomic E-state index is 0.119. The number of benzene rings is 1. The van der Waals surface area contributed by atoms with E-state index in [4.69, 9.17) is 16.0 Å². The molecule has 1 amide bonds. The van der Waals surface area contributed by atoms with Crippen LogP contribution in [0.2, 0.25) is 5.02 Å². The molecule has 2 N–H and O–H groups in total. The Labute approximate surface area is 121 Å². The van der Waals surface area contributed by atoms with Crippen LogP contribution in [-0.2, 0) is 6.54 Å². The van der Waals surface area contributed by atoms with Crippen LogP contribution >= 0.6 is 11.6 Å². The van der Waals surface area contributed by atoms with Gasteiger partial charge in [0, 0.05) is 10.9 Å². The van der Waals surface area contributed by atoms with Crippen LogP contribution in [-0.4, -0.2) is 16.0 Å². The van der Waals surface area contributed by atoms with Gasteiger partial charge in [-0.1, -0.05) is 25.4 Å². The fourth-order valence-corrected chi connectivity index (χ4v) is 1.79. The SMILES string of the molecule is CC(C)c1cnc(CNC(=O)c2cc(Cl)ccc2O)o1. The second kappa shape index (κ2) is 5.96. The van der Waals surface area contributed by atoms with Crippen molar-refractivity contribution in [1.29, 1.82) is 0 Å². The number of hydrogen-bond acceptors (Lipinski definition) is 4. The maximum atomic E-state index is 11.9. The molecule has 2 rings (SSSR count). The molecule has 1 heterocycles. The molecule has 0 radical (unpaired) electrons. The summed E-state index contributed by atoms with van der Waals surface area (Å²) < 4.78 is 5.47. The molecule has 0 atom stereocenters. The van der Waals surface area contributed by atoms with Crippen LogP contribution in [0.5, 0.6) is 5.75 Å². The Hall–Kier alpha value is -2.01. The van der Waals surface area contributed by atoms with Crippen molar-refractivity contribution in [3.05, 3.63) is 46.6 Å². The number of oxazole rings is 1. The summed E-state index contributed by atoms with van der Waals surface area (Å²) in [6.45, 7) is 4.14. The molecule has 0 unspecified atom stereocenters. The zero-order valence-electron chi connectivity index (χ0n) is 11.2.